The van der Waals surface area contributed by atoms with Gasteiger partial charge in [-0.15, -0.1) is 0 Å². The van der Waals surface area contributed by atoms with Crippen LogP contribution in [0.5, 0.6) is 11.5 Å². The molecule has 1 heterocycles. The number of benzene rings is 3. The maximum absolute atomic E-state index is 5.98. The molecule has 1 aliphatic rings. The van der Waals surface area contributed by atoms with Gasteiger partial charge in [0.1, 0.15) is 11.6 Å². The van der Waals surface area contributed by atoms with Crippen LogP contribution in [0.4, 0.5) is 0 Å². The summed E-state index contributed by atoms with van der Waals surface area (Å²) in [5.41, 5.74) is 3.47. The molecule has 1 aliphatic heterocycles. The van der Waals surface area contributed by atoms with Gasteiger partial charge in [-0.3, -0.25) is 4.90 Å². The molecule has 0 bridgehead atoms. The Hall–Kier alpha value is -2.89. The van der Waals surface area contributed by atoms with Crippen LogP contribution in [-0.2, 0) is 13.2 Å². The standard InChI is InChI=1S/C26H28N2O2S/c1-29-25-18-23(12-13-24(25)30-20-22-10-6-3-7-11-22)26(31)28-16-14-27(15-17-28)19-21-8-4-2-5-9-21/h2-13,18H,14-17,19-20H2,1H3. The predicted molar refractivity (Wildman–Crippen MR) is 129 cm³/mol. The van der Waals surface area contributed by atoms with Crippen molar-refractivity contribution < 1.29 is 9.47 Å². The van der Waals surface area contributed by atoms with Crippen LogP contribution in [0.15, 0.2) is 78.9 Å². The number of rotatable bonds is 7. The van der Waals surface area contributed by atoms with Gasteiger partial charge >= 0.3 is 0 Å². The Balaban J connectivity index is 1.35. The Morgan fingerprint density at radius 2 is 1.45 bits per heavy atom. The third kappa shape index (κ3) is 5.63. The van der Waals surface area contributed by atoms with Gasteiger partial charge in [0.25, 0.3) is 0 Å². The number of methoxy groups -OCH3 is 1. The van der Waals surface area contributed by atoms with E-state index in [-0.39, 0.29) is 0 Å². The molecule has 0 spiro atoms. The summed E-state index contributed by atoms with van der Waals surface area (Å²) in [6.45, 7) is 5.36. The summed E-state index contributed by atoms with van der Waals surface area (Å²) < 4.78 is 11.6. The molecule has 4 rings (SSSR count). The minimum Gasteiger partial charge on any atom is -0.493 e. The van der Waals surface area contributed by atoms with Crippen LogP contribution >= 0.6 is 12.2 Å². The molecular formula is C26H28N2O2S. The van der Waals surface area contributed by atoms with Gasteiger partial charge in [0, 0.05) is 38.3 Å². The molecule has 5 heteroatoms. The van der Waals surface area contributed by atoms with Crippen LogP contribution in [0.25, 0.3) is 0 Å². The van der Waals surface area contributed by atoms with E-state index >= 15 is 0 Å². The summed E-state index contributed by atoms with van der Waals surface area (Å²) in [6, 6.07) is 26.7. The summed E-state index contributed by atoms with van der Waals surface area (Å²) in [5.74, 6) is 1.43. The molecule has 0 aliphatic carbocycles. The summed E-state index contributed by atoms with van der Waals surface area (Å²) >= 11 is 5.81. The lowest BCUT2D eigenvalue weighted by molar-refractivity contribution is 0.177. The highest BCUT2D eigenvalue weighted by atomic mass is 32.1. The monoisotopic (exact) mass is 432 g/mol. The third-order valence-electron chi connectivity index (χ3n) is 5.56. The highest BCUT2D eigenvalue weighted by Gasteiger charge is 2.20. The minimum atomic E-state index is 0.504. The highest BCUT2D eigenvalue weighted by Crippen LogP contribution is 2.29. The Bertz CT molecular complexity index is 987. The van der Waals surface area contributed by atoms with E-state index in [1.54, 1.807) is 7.11 Å². The molecule has 1 saturated heterocycles. The van der Waals surface area contributed by atoms with Gasteiger partial charge < -0.3 is 14.4 Å². The first-order chi connectivity index (χ1) is 15.2. The zero-order valence-electron chi connectivity index (χ0n) is 17.9. The largest absolute Gasteiger partial charge is 0.493 e. The number of hydrogen-bond donors (Lipinski definition) is 0. The van der Waals surface area contributed by atoms with Crippen LogP contribution in [0.3, 0.4) is 0 Å². The molecule has 3 aromatic carbocycles. The van der Waals surface area contributed by atoms with E-state index in [4.69, 9.17) is 21.7 Å². The summed E-state index contributed by atoms with van der Waals surface area (Å²) in [6.07, 6.45) is 0. The molecule has 0 N–H and O–H groups in total. The first kappa shape index (κ1) is 21.3. The molecule has 0 amide bonds. The summed E-state index contributed by atoms with van der Waals surface area (Å²) in [4.78, 5) is 5.64. The molecule has 0 radical (unpaired) electrons. The maximum Gasteiger partial charge on any atom is 0.161 e. The second-order valence-corrected chi connectivity index (χ2v) is 8.08. The average molecular weight is 433 g/mol. The van der Waals surface area contributed by atoms with E-state index in [0.29, 0.717) is 12.4 Å². The molecular weight excluding hydrogens is 404 g/mol. The second-order valence-electron chi connectivity index (χ2n) is 7.69. The van der Waals surface area contributed by atoms with Crippen molar-refractivity contribution >= 4 is 17.2 Å². The van der Waals surface area contributed by atoms with Gasteiger partial charge in [-0.2, -0.15) is 0 Å². The second kappa shape index (κ2) is 10.4. The molecule has 4 nitrogen and oxygen atoms in total. The zero-order valence-corrected chi connectivity index (χ0v) is 18.7. The number of ether oxygens (including phenoxy) is 2. The Morgan fingerprint density at radius 3 is 2.10 bits per heavy atom. The Kier molecular flexibility index (Phi) is 7.18. The van der Waals surface area contributed by atoms with Crippen molar-refractivity contribution in [3.05, 3.63) is 95.6 Å². The van der Waals surface area contributed by atoms with E-state index in [0.717, 1.165) is 54.6 Å². The number of nitrogens with zero attached hydrogens (tertiary/aromatic N) is 2. The fourth-order valence-electron chi connectivity index (χ4n) is 3.79. The van der Waals surface area contributed by atoms with Crippen molar-refractivity contribution in [1.29, 1.82) is 0 Å². The zero-order chi connectivity index (χ0) is 21.5. The van der Waals surface area contributed by atoms with Crippen molar-refractivity contribution in [3.8, 4) is 11.5 Å². The van der Waals surface area contributed by atoms with E-state index in [2.05, 4.69) is 40.1 Å². The van der Waals surface area contributed by atoms with Crippen LogP contribution in [-0.4, -0.2) is 48.1 Å². The van der Waals surface area contributed by atoms with E-state index in [1.165, 1.54) is 5.56 Å². The predicted octanol–water partition coefficient (Wildman–Crippen LogP) is 4.77. The molecule has 0 unspecified atom stereocenters. The Morgan fingerprint density at radius 1 is 0.806 bits per heavy atom. The number of piperazine rings is 1. The fraction of sp³-hybridized carbons (Fsp3) is 0.269. The molecule has 1 fully saturated rings. The van der Waals surface area contributed by atoms with Gasteiger partial charge in [-0.25, -0.2) is 0 Å². The molecule has 0 atom stereocenters. The van der Waals surface area contributed by atoms with Crippen molar-refractivity contribution in [2.75, 3.05) is 33.3 Å². The number of thiocarbonyl (C=S) groups is 1. The number of hydrogen-bond acceptors (Lipinski definition) is 4. The molecule has 0 saturated carbocycles. The highest BCUT2D eigenvalue weighted by molar-refractivity contribution is 7.80. The van der Waals surface area contributed by atoms with Crippen molar-refractivity contribution in [2.24, 2.45) is 0 Å². The van der Waals surface area contributed by atoms with Crippen LogP contribution in [0, 0.1) is 0 Å². The first-order valence-electron chi connectivity index (χ1n) is 10.6. The van der Waals surface area contributed by atoms with Gasteiger partial charge in [-0.1, -0.05) is 72.9 Å². The normalized spacial score (nSPS) is 14.3. The maximum atomic E-state index is 5.98. The molecule has 3 aromatic rings. The van der Waals surface area contributed by atoms with Crippen LogP contribution in [0.1, 0.15) is 16.7 Å². The lowest BCUT2D eigenvalue weighted by atomic mass is 10.1. The molecule has 0 aromatic heterocycles. The van der Waals surface area contributed by atoms with Gasteiger partial charge in [0.2, 0.25) is 0 Å². The summed E-state index contributed by atoms with van der Waals surface area (Å²) in [5, 5.41) is 0. The smallest absolute Gasteiger partial charge is 0.161 e. The van der Waals surface area contributed by atoms with Gasteiger partial charge in [0.05, 0.1) is 7.11 Å². The van der Waals surface area contributed by atoms with Crippen molar-refractivity contribution in [2.45, 2.75) is 13.2 Å². The van der Waals surface area contributed by atoms with Crippen LogP contribution < -0.4 is 9.47 Å². The minimum absolute atomic E-state index is 0.504. The molecule has 160 valence electrons. The third-order valence-corrected chi connectivity index (χ3v) is 6.05. The van der Waals surface area contributed by atoms with Gasteiger partial charge in [0.15, 0.2) is 11.5 Å². The SMILES string of the molecule is COc1cc(C(=S)N2CCN(Cc3ccccc3)CC2)ccc1OCc1ccccc1. The van der Waals surface area contributed by atoms with E-state index in [1.807, 2.05) is 48.5 Å². The van der Waals surface area contributed by atoms with E-state index in [9.17, 15) is 0 Å². The fourth-order valence-corrected chi connectivity index (χ4v) is 4.10. The van der Waals surface area contributed by atoms with Crippen molar-refractivity contribution in [1.82, 2.24) is 9.80 Å². The average Bonchev–Trinajstić information content (AvgIpc) is 2.84. The van der Waals surface area contributed by atoms with Gasteiger partial charge in [-0.05, 0) is 29.3 Å². The topological polar surface area (TPSA) is 24.9 Å². The van der Waals surface area contributed by atoms with Crippen molar-refractivity contribution in [3.63, 3.8) is 0 Å². The van der Waals surface area contributed by atoms with E-state index < -0.39 is 0 Å². The lowest BCUT2D eigenvalue weighted by Gasteiger charge is -2.36. The quantitative estimate of drug-likeness (QED) is 0.501. The first-order valence-corrected chi connectivity index (χ1v) is 11.0. The Labute approximate surface area is 190 Å². The van der Waals surface area contributed by atoms with Crippen LogP contribution in [0.2, 0.25) is 0 Å². The lowest BCUT2D eigenvalue weighted by Crippen LogP contribution is -2.48. The summed E-state index contributed by atoms with van der Waals surface area (Å²) in [7, 11) is 1.67. The molecule has 31 heavy (non-hydrogen) atoms.